The number of hydrogen-bond donors (Lipinski definition) is 1. The van der Waals surface area contributed by atoms with Gasteiger partial charge in [0.15, 0.2) is 0 Å². The monoisotopic (exact) mass is 265 g/mol. The Morgan fingerprint density at radius 3 is 2.84 bits per heavy atom. The van der Waals surface area contributed by atoms with Crippen LogP contribution in [0.4, 0.5) is 5.88 Å². The van der Waals surface area contributed by atoms with Gasteiger partial charge < -0.3 is 9.73 Å². The van der Waals surface area contributed by atoms with E-state index in [-0.39, 0.29) is 11.9 Å². The second kappa shape index (κ2) is 6.49. The summed E-state index contributed by atoms with van der Waals surface area (Å²) < 4.78 is 5.36. The lowest BCUT2D eigenvalue weighted by Gasteiger charge is -2.33. The first-order valence-electron chi connectivity index (χ1n) is 6.52. The van der Waals surface area contributed by atoms with Gasteiger partial charge in [-0.15, -0.1) is 6.58 Å². The Labute approximate surface area is 112 Å². The number of nitro groups is 1. The van der Waals surface area contributed by atoms with E-state index in [1.54, 1.807) is 6.07 Å². The minimum atomic E-state index is -0.494. The summed E-state index contributed by atoms with van der Waals surface area (Å²) in [5.41, 5.74) is 0. The molecule has 1 atom stereocenters. The molecule has 2 rings (SSSR count). The fraction of sp³-hybridized carbons (Fsp3) is 0.538. The van der Waals surface area contributed by atoms with Gasteiger partial charge in [0.2, 0.25) is 0 Å². The molecule has 6 heteroatoms. The molecule has 1 aromatic heterocycles. The summed E-state index contributed by atoms with van der Waals surface area (Å²) in [7, 11) is 0. The quantitative estimate of drug-likeness (QED) is 0.484. The second-order valence-electron chi connectivity index (χ2n) is 4.60. The predicted octanol–water partition coefficient (Wildman–Crippen LogP) is 2.10. The molecule has 2 heterocycles. The highest BCUT2D eigenvalue weighted by Gasteiger charge is 2.26. The van der Waals surface area contributed by atoms with Crippen LogP contribution in [0.3, 0.4) is 0 Å². The van der Waals surface area contributed by atoms with Crippen molar-refractivity contribution < 1.29 is 9.34 Å². The molecule has 1 fully saturated rings. The molecular formula is C13H19N3O3. The van der Waals surface area contributed by atoms with Crippen LogP contribution in [0.5, 0.6) is 0 Å². The summed E-state index contributed by atoms with van der Waals surface area (Å²) in [6, 6.07) is 3.24. The van der Waals surface area contributed by atoms with Gasteiger partial charge in [-0.05, 0) is 18.9 Å². The third-order valence-electron chi connectivity index (χ3n) is 3.36. The van der Waals surface area contributed by atoms with Crippen LogP contribution >= 0.6 is 0 Å². The van der Waals surface area contributed by atoms with E-state index in [2.05, 4.69) is 16.8 Å². The number of furan rings is 1. The topological polar surface area (TPSA) is 71.5 Å². The second-order valence-corrected chi connectivity index (χ2v) is 4.60. The van der Waals surface area contributed by atoms with Crippen LogP contribution < -0.4 is 5.32 Å². The van der Waals surface area contributed by atoms with Gasteiger partial charge in [0.25, 0.3) is 0 Å². The van der Waals surface area contributed by atoms with Gasteiger partial charge in [-0.25, -0.2) is 0 Å². The van der Waals surface area contributed by atoms with E-state index < -0.39 is 4.92 Å². The third kappa shape index (κ3) is 3.42. The Kier molecular flexibility index (Phi) is 4.70. The molecule has 0 saturated carbocycles. The lowest BCUT2D eigenvalue weighted by molar-refractivity contribution is -0.402. The maximum absolute atomic E-state index is 10.7. The highest BCUT2D eigenvalue weighted by molar-refractivity contribution is 5.20. The van der Waals surface area contributed by atoms with Crippen molar-refractivity contribution in [2.24, 2.45) is 0 Å². The number of nitrogens with one attached hydrogen (secondary N) is 1. The summed E-state index contributed by atoms with van der Waals surface area (Å²) in [6.45, 7) is 7.46. The van der Waals surface area contributed by atoms with Crippen LogP contribution in [0.15, 0.2) is 29.2 Å². The summed E-state index contributed by atoms with van der Waals surface area (Å²) in [5, 5.41) is 14.0. The van der Waals surface area contributed by atoms with E-state index in [9.17, 15) is 10.1 Å². The van der Waals surface area contributed by atoms with Crippen LogP contribution in [0.2, 0.25) is 0 Å². The van der Waals surface area contributed by atoms with Crippen molar-refractivity contribution in [1.82, 2.24) is 10.2 Å². The van der Waals surface area contributed by atoms with Crippen molar-refractivity contribution in [3.63, 3.8) is 0 Å². The van der Waals surface area contributed by atoms with E-state index in [4.69, 9.17) is 4.42 Å². The molecule has 6 nitrogen and oxygen atoms in total. The van der Waals surface area contributed by atoms with Crippen molar-refractivity contribution in [3.05, 3.63) is 40.7 Å². The average Bonchev–Trinajstić information content (AvgIpc) is 2.90. The molecule has 0 radical (unpaired) electrons. The highest BCUT2D eigenvalue weighted by Crippen LogP contribution is 2.30. The fourth-order valence-corrected chi connectivity index (χ4v) is 2.39. The van der Waals surface area contributed by atoms with Crippen molar-refractivity contribution in [2.75, 3.05) is 26.2 Å². The van der Waals surface area contributed by atoms with Crippen LogP contribution in [-0.2, 0) is 0 Å². The Morgan fingerprint density at radius 1 is 1.53 bits per heavy atom. The molecule has 0 aliphatic carbocycles. The van der Waals surface area contributed by atoms with E-state index >= 15 is 0 Å². The highest BCUT2D eigenvalue weighted by atomic mass is 16.6. The first-order chi connectivity index (χ1) is 9.22. The maximum Gasteiger partial charge on any atom is 0.433 e. The molecule has 0 bridgehead atoms. The van der Waals surface area contributed by atoms with E-state index in [1.807, 2.05) is 6.08 Å². The zero-order valence-corrected chi connectivity index (χ0v) is 10.9. The zero-order chi connectivity index (χ0) is 13.7. The third-order valence-corrected chi connectivity index (χ3v) is 3.36. The summed E-state index contributed by atoms with van der Waals surface area (Å²) in [4.78, 5) is 12.5. The van der Waals surface area contributed by atoms with Gasteiger partial charge in [-0.1, -0.05) is 6.08 Å². The van der Waals surface area contributed by atoms with Gasteiger partial charge >= 0.3 is 5.88 Å². The summed E-state index contributed by atoms with van der Waals surface area (Å²) in [6.07, 6.45) is 3.60. The Bertz CT molecular complexity index is 438. The molecule has 0 amide bonds. The van der Waals surface area contributed by atoms with Crippen molar-refractivity contribution in [1.29, 1.82) is 0 Å². The number of rotatable bonds is 6. The molecular weight excluding hydrogens is 246 g/mol. The smallest absolute Gasteiger partial charge is 0.404 e. The van der Waals surface area contributed by atoms with Gasteiger partial charge in [-0.2, -0.15) is 0 Å². The number of piperazine rings is 1. The van der Waals surface area contributed by atoms with Gasteiger partial charge in [0.05, 0.1) is 12.1 Å². The Balaban J connectivity index is 2.14. The van der Waals surface area contributed by atoms with Gasteiger partial charge in [0, 0.05) is 26.2 Å². The minimum absolute atomic E-state index is 0.0915. The molecule has 0 aromatic carbocycles. The average molecular weight is 265 g/mol. The Hall–Kier alpha value is -1.66. The predicted molar refractivity (Wildman–Crippen MR) is 72.0 cm³/mol. The molecule has 1 aliphatic heterocycles. The van der Waals surface area contributed by atoms with Crippen LogP contribution in [0, 0.1) is 10.1 Å². The maximum atomic E-state index is 10.7. The normalized spacial score (nSPS) is 18.1. The minimum Gasteiger partial charge on any atom is -0.404 e. The van der Waals surface area contributed by atoms with E-state index in [0.717, 1.165) is 39.0 Å². The van der Waals surface area contributed by atoms with Crippen molar-refractivity contribution in [2.45, 2.75) is 18.9 Å². The summed E-state index contributed by atoms with van der Waals surface area (Å²) in [5.74, 6) is 0.490. The molecule has 1 N–H and O–H groups in total. The molecule has 19 heavy (non-hydrogen) atoms. The molecule has 1 saturated heterocycles. The first kappa shape index (κ1) is 13.8. The number of allylic oxidation sites excluding steroid dienone is 1. The molecule has 1 aromatic rings. The largest absolute Gasteiger partial charge is 0.433 e. The zero-order valence-electron chi connectivity index (χ0n) is 10.9. The summed E-state index contributed by atoms with van der Waals surface area (Å²) >= 11 is 0. The SMILES string of the molecule is C=CCC[C@@H](c1ccc([N+](=O)[O-])o1)N1CCNCC1. The van der Waals surface area contributed by atoms with Crippen LogP contribution in [0.1, 0.15) is 24.6 Å². The molecule has 104 valence electrons. The lowest BCUT2D eigenvalue weighted by atomic mass is 10.1. The molecule has 0 unspecified atom stereocenters. The number of nitrogens with zero attached hydrogens (tertiary/aromatic N) is 2. The first-order valence-corrected chi connectivity index (χ1v) is 6.52. The fourth-order valence-electron chi connectivity index (χ4n) is 2.39. The van der Waals surface area contributed by atoms with Crippen LogP contribution in [-0.4, -0.2) is 36.0 Å². The Morgan fingerprint density at radius 2 is 2.26 bits per heavy atom. The van der Waals surface area contributed by atoms with Crippen molar-refractivity contribution >= 4 is 5.88 Å². The molecule has 0 spiro atoms. The van der Waals surface area contributed by atoms with E-state index in [1.165, 1.54) is 6.07 Å². The van der Waals surface area contributed by atoms with E-state index in [0.29, 0.717) is 5.76 Å². The molecule has 1 aliphatic rings. The lowest BCUT2D eigenvalue weighted by Crippen LogP contribution is -2.45. The van der Waals surface area contributed by atoms with Gasteiger partial charge in [-0.3, -0.25) is 15.0 Å². The number of hydrogen-bond acceptors (Lipinski definition) is 5. The standard InChI is InChI=1S/C13H19N3O3/c1-2-3-4-11(15-9-7-14-8-10-15)12-5-6-13(19-12)16(17)18/h2,5-6,11,14H,1,3-4,7-10H2/t11-/m0/s1. The van der Waals surface area contributed by atoms with Gasteiger partial charge in [0.1, 0.15) is 10.7 Å². The van der Waals surface area contributed by atoms with Crippen molar-refractivity contribution in [3.8, 4) is 0 Å². The van der Waals surface area contributed by atoms with Crippen LogP contribution in [0.25, 0.3) is 0 Å².